The summed E-state index contributed by atoms with van der Waals surface area (Å²) in [5, 5.41) is 2.91. The summed E-state index contributed by atoms with van der Waals surface area (Å²) in [4.78, 5) is 23.3. The van der Waals surface area contributed by atoms with Gasteiger partial charge in [0.15, 0.2) is 5.78 Å². The maximum absolute atomic E-state index is 12.1. The van der Waals surface area contributed by atoms with E-state index in [0.717, 1.165) is 15.6 Å². The summed E-state index contributed by atoms with van der Waals surface area (Å²) in [5.74, 6) is -0.132. The molecule has 0 saturated heterocycles. The van der Waals surface area contributed by atoms with Crippen molar-refractivity contribution in [3.05, 3.63) is 35.2 Å². The molecule has 4 heteroatoms. The molecule has 2 rings (SSSR count). The zero-order chi connectivity index (χ0) is 13.7. The van der Waals surface area contributed by atoms with E-state index in [4.69, 9.17) is 4.74 Å². The molecule has 0 aliphatic rings. The Bertz CT molecular complexity index is 586. The monoisotopic (exact) mass is 276 g/mol. The highest BCUT2D eigenvalue weighted by Crippen LogP contribution is 2.26. The molecule has 0 N–H and O–H groups in total. The Morgan fingerprint density at radius 2 is 2.00 bits per heavy atom. The number of fused-ring (bicyclic) bond motifs is 1. The minimum Gasteiger partial charge on any atom is -0.466 e. The van der Waals surface area contributed by atoms with Gasteiger partial charge in [-0.15, -0.1) is 11.3 Å². The summed E-state index contributed by atoms with van der Waals surface area (Å²) < 4.78 is 5.96. The van der Waals surface area contributed by atoms with Crippen LogP contribution in [0.3, 0.4) is 0 Å². The molecule has 100 valence electrons. The first kappa shape index (κ1) is 13.7. The molecule has 0 fully saturated rings. The standard InChI is InChI=1S/C15H16O3S/c1-2-18-15(17)9-5-7-13(16)12-10-19-14-8-4-3-6-11(12)14/h3-4,6,8,10H,2,5,7,9H2,1H3. The third kappa shape index (κ3) is 3.41. The molecule has 1 aromatic carbocycles. The van der Waals surface area contributed by atoms with E-state index in [9.17, 15) is 9.59 Å². The van der Waals surface area contributed by atoms with Crippen LogP contribution in [-0.4, -0.2) is 18.4 Å². The van der Waals surface area contributed by atoms with Crippen molar-refractivity contribution < 1.29 is 14.3 Å². The van der Waals surface area contributed by atoms with Crippen LogP contribution in [-0.2, 0) is 9.53 Å². The number of thiophene rings is 1. The van der Waals surface area contributed by atoms with Gasteiger partial charge in [0, 0.05) is 33.9 Å². The Balaban J connectivity index is 1.95. The van der Waals surface area contributed by atoms with Crippen molar-refractivity contribution in [2.24, 2.45) is 0 Å². The number of Topliss-reactive ketones (excluding diaryl/α,β-unsaturated/α-hetero) is 1. The number of hydrogen-bond donors (Lipinski definition) is 0. The fraction of sp³-hybridized carbons (Fsp3) is 0.333. The molecule has 1 heterocycles. The highest BCUT2D eigenvalue weighted by atomic mass is 32.1. The van der Waals surface area contributed by atoms with Crippen molar-refractivity contribution in [3.8, 4) is 0 Å². The molecule has 2 aromatic rings. The van der Waals surface area contributed by atoms with Crippen LogP contribution in [0.15, 0.2) is 29.6 Å². The van der Waals surface area contributed by atoms with Gasteiger partial charge in [0.1, 0.15) is 0 Å². The second kappa shape index (κ2) is 6.48. The van der Waals surface area contributed by atoms with Crippen molar-refractivity contribution in [3.63, 3.8) is 0 Å². The molecule has 19 heavy (non-hydrogen) atoms. The lowest BCUT2D eigenvalue weighted by atomic mass is 10.0. The maximum Gasteiger partial charge on any atom is 0.305 e. The first-order valence-electron chi connectivity index (χ1n) is 6.37. The Kier molecular flexibility index (Phi) is 4.68. The lowest BCUT2D eigenvalue weighted by Crippen LogP contribution is -2.05. The van der Waals surface area contributed by atoms with Crippen molar-refractivity contribution in [2.75, 3.05) is 6.61 Å². The van der Waals surface area contributed by atoms with Crippen molar-refractivity contribution in [1.29, 1.82) is 0 Å². The normalized spacial score (nSPS) is 10.6. The lowest BCUT2D eigenvalue weighted by Gasteiger charge is -2.01. The molecular weight excluding hydrogens is 260 g/mol. The summed E-state index contributed by atoms with van der Waals surface area (Å²) in [5.41, 5.74) is 0.768. The van der Waals surface area contributed by atoms with Crippen LogP contribution in [0.4, 0.5) is 0 Å². The topological polar surface area (TPSA) is 43.4 Å². The smallest absolute Gasteiger partial charge is 0.305 e. The van der Waals surface area contributed by atoms with Gasteiger partial charge in [-0.2, -0.15) is 0 Å². The lowest BCUT2D eigenvalue weighted by molar-refractivity contribution is -0.143. The Morgan fingerprint density at radius 3 is 2.79 bits per heavy atom. The third-order valence-corrected chi connectivity index (χ3v) is 3.83. The minimum atomic E-state index is -0.231. The molecule has 0 unspecified atom stereocenters. The molecule has 0 spiro atoms. The number of carbonyl (C=O) groups is 2. The van der Waals surface area contributed by atoms with Crippen LogP contribution in [0.5, 0.6) is 0 Å². The van der Waals surface area contributed by atoms with Gasteiger partial charge in [-0.1, -0.05) is 18.2 Å². The number of benzene rings is 1. The van der Waals surface area contributed by atoms with Crippen LogP contribution >= 0.6 is 11.3 Å². The zero-order valence-corrected chi connectivity index (χ0v) is 11.7. The van der Waals surface area contributed by atoms with Crippen LogP contribution in [0.25, 0.3) is 10.1 Å². The second-order valence-corrected chi connectivity index (χ2v) is 5.14. The highest BCUT2D eigenvalue weighted by molar-refractivity contribution is 7.17. The quantitative estimate of drug-likeness (QED) is 0.595. The minimum absolute atomic E-state index is 0.0988. The number of ether oxygens (including phenoxy) is 1. The summed E-state index contributed by atoms with van der Waals surface area (Å²) in [6.07, 6.45) is 1.24. The maximum atomic E-state index is 12.1. The third-order valence-electron chi connectivity index (χ3n) is 2.87. The Hall–Kier alpha value is -1.68. The molecule has 1 aromatic heterocycles. The van der Waals surface area contributed by atoms with E-state index in [0.29, 0.717) is 25.9 Å². The molecule has 0 saturated carbocycles. The van der Waals surface area contributed by atoms with Gasteiger partial charge in [0.25, 0.3) is 0 Å². The molecule has 0 aliphatic carbocycles. The van der Waals surface area contributed by atoms with E-state index in [-0.39, 0.29) is 11.8 Å². The zero-order valence-electron chi connectivity index (χ0n) is 10.8. The summed E-state index contributed by atoms with van der Waals surface area (Å²) in [6, 6.07) is 7.87. The fourth-order valence-electron chi connectivity index (χ4n) is 1.95. The van der Waals surface area contributed by atoms with Crippen LogP contribution in [0.1, 0.15) is 36.5 Å². The number of hydrogen-bond acceptors (Lipinski definition) is 4. The van der Waals surface area contributed by atoms with Gasteiger partial charge >= 0.3 is 5.97 Å². The Labute approximate surface area is 116 Å². The summed E-state index contributed by atoms with van der Waals surface area (Å²) in [7, 11) is 0. The van der Waals surface area contributed by atoms with Crippen LogP contribution in [0, 0.1) is 0 Å². The van der Waals surface area contributed by atoms with Gasteiger partial charge < -0.3 is 4.74 Å². The molecular formula is C15H16O3S. The van der Waals surface area contributed by atoms with Crippen molar-refractivity contribution in [1.82, 2.24) is 0 Å². The van der Waals surface area contributed by atoms with Crippen LogP contribution < -0.4 is 0 Å². The van der Waals surface area contributed by atoms with Gasteiger partial charge in [-0.25, -0.2) is 0 Å². The number of rotatable bonds is 6. The van der Waals surface area contributed by atoms with E-state index >= 15 is 0 Å². The summed E-state index contributed by atoms with van der Waals surface area (Å²) in [6.45, 7) is 2.17. The number of ketones is 1. The molecule has 0 aliphatic heterocycles. The molecule has 0 atom stereocenters. The van der Waals surface area contributed by atoms with Crippen molar-refractivity contribution in [2.45, 2.75) is 26.2 Å². The first-order valence-corrected chi connectivity index (χ1v) is 7.25. The molecule has 0 radical (unpaired) electrons. The number of carbonyl (C=O) groups excluding carboxylic acids is 2. The van der Waals surface area contributed by atoms with Crippen molar-refractivity contribution >= 4 is 33.2 Å². The predicted molar refractivity (Wildman–Crippen MR) is 76.6 cm³/mol. The van der Waals surface area contributed by atoms with Gasteiger partial charge in [0.05, 0.1) is 6.61 Å². The first-order chi connectivity index (χ1) is 9.22. The largest absolute Gasteiger partial charge is 0.466 e. The van der Waals surface area contributed by atoms with Gasteiger partial charge in [-0.05, 0) is 19.4 Å². The van der Waals surface area contributed by atoms with E-state index in [1.54, 1.807) is 18.3 Å². The average molecular weight is 276 g/mol. The van der Waals surface area contributed by atoms with E-state index in [1.165, 1.54) is 0 Å². The van der Waals surface area contributed by atoms with Gasteiger partial charge in [-0.3, -0.25) is 9.59 Å². The van der Waals surface area contributed by atoms with Gasteiger partial charge in [0.2, 0.25) is 0 Å². The Morgan fingerprint density at radius 1 is 1.21 bits per heavy atom. The van der Waals surface area contributed by atoms with Crippen LogP contribution in [0.2, 0.25) is 0 Å². The van der Waals surface area contributed by atoms with E-state index < -0.39 is 0 Å². The average Bonchev–Trinajstić information content (AvgIpc) is 2.82. The summed E-state index contributed by atoms with van der Waals surface area (Å²) >= 11 is 1.58. The van der Waals surface area contributed by atoms with E-state index in [1.807, 2.05) is 29.6 Å². The molecule has 0 amide bonds. The molecule has 3 nitrogen and oxygen atoms in total. The predicted octanol–water partition coefficient (Wildman–Crippen LogP) is 3.82. The SMILES string of the molecule is CCOC(=O)CCCC(=O)c1csc2ccccc12. The van der Waals surface area contributed by atoms with E-state index in [2.05, 4.69) is 0 Å². The second-order valence-electron chi connectivity index (χ2n) is 4.23. The fourth-order valence-corrected chi connectivity index (χ4v) is 2.92. The molecule has 0 bridgehead atoms. The highest BCUT2D eigenvalue weighted by Gasteiger charge is 2.12. The number of esters is 1.